The lowest BCUT2D eigenvalue weighted by atomic mass is 10.1. The van der Waals surface area contributed by atoms with E-state index >= 15 is 0 Å². The van der Waals surface area contributed by atoms with E-state index in [0.717, 1.165) is 0 Å². The van der Waals surface area contributed by atoms with Crippen LogP contribution in [0.25, 0.3) is 10.9 Å². The first-order valence-electron chi connectivity index (χ1n) is 8.24. The van der Waals surface area contributed by atoms with Gasteiger partial charge in [-0.05, 0) is 24.6 Å². The SMILES string of the molecule is CCC(O)c1cccc(F)c1Oc1ccnc2cc(OC)c(OC)cc12. The molecular weight excluding hydrogens is 337 g/mol. The second-order valence-electron chi connectivity index (χ2n) is 5.72. The van der Waals surface area contributed by atoms with E-state index in [2.05, 4.69) is 4.98 Å². The molecule has 26 heavy (non-hydrogen) atoms. The largest absolute Gasteiger partial charge is 0.493 e. The topological polar surface area (TPSA) is 60.8 Å². The zero-order valence-electron chi connectivity index (χ0n) is 14.8. The van der Waals surface area contributed by atoms with Crippen LogP contribution in [0, 0.1) is 5.82 Å². The van der Waals surface area contributed by atoms with Crippen molar-refractivity contribution in [3.8, 4) is 23.0 Å². The maximum atomic E-state index is 14.4. The molecule has 1 aromatic heterocycles. The van der Waals surface area contributed by atoms with Crippen molar-refractivity contribution in [3.63, 3.8) is 0 Å². The van der Waals surface area contributed by atoms with Crippen molar-refractivity contribution < 1.29 is 23.7 Å². The number of methoxy groups -OCH3 is 2. The summed E-state index contributed by atoms with van der Waals surface area (Å²) in [5, 5.41) is 10.8. The molecule has 1 heterocycles. The monoisotopic (exact) mass is 357 g/mol. The fourth-order valence-corrected chi connectivity index (χ4v) is 2.76. The van der Waals surface area contributed by atoms with Gasteiger partial charge in [0.2, 0.25) is 0 Å². The van der Waals surface area contributed by atoms with Crippen LogP contribution < -0.4 is 14.2 Å². The molecule has 5 nitrogen and oxygen atoms in total. The van der Waals surface area contributed by atoms with Gasteiger partial charge in [0.05, 0.1) is 25.8 Å². The van der Waals surface area contributed by atoms with E-state index in [0.29, 0.717) is 40.1 Å². The Morgan fingerprint density at radius 3 is 2.50 bits per heavy atom. The molecular formula is C20H20FNO4. The number of para-hydroxylation sites is 1. The summed E-state index contributed by atoms with van der Waals surface area (Å²) in [6, 6.07) is 9.60. The first-order valence-corrected chi connectivity index (χ1v) is 8.24. The Labute approximate surface area is 151 Å². The molecule has 0 spiro atoms. The highest BCUT2D eigenvalue weighted by molar-refractivity contribution is 5.88. The second-order valence-corrected chi connectivity index (χ2v) is 5.72. The molecule has 0 fully saturated rings. The molecule has 6 heteroatoms. The predicted molar refractivity (Wildman–Crippen MR) is 96.6 cm³/mol. The molecule has 2 aromatic carbocycles. The number of pyridine rings is 1. The highest BCUT2D eigenvalue weighted by Gasteiger charge is 2.18. The number of aliphatic hydroxyl groups excluding tert-OH is 1. The standard InChI is InChI=1S/C20H20FNO4/c1-4-16(23)12-6-5-7-14(21)20(12)26-17-8-9-22-15-11-19(25-3)18(24-2)10-13(15)17/h5-11,16,23H,4H2,1-3H3. The summed E-state index contributed by atoms with van der Waals surface area (Å²) in [5.74, 6) is 0.924. The first kappa shape index (κ1) is 17.9. The number of ether oxygens (including phenoxy) is 3. The molecule has 1 atom stereocenters. The molecule has 3 aromatic rings. The Morgan fingerprint density at radius 1 is 1.08 bits per heavy atom. The molecule has 0 amide bonds. The highest BCUT2D eigenvalue weighted by Crippen LogP contribution is 2.39. The minimum absolute atomic E-state index is 0.00383. The van der Waals surface area contributed by atoms with Crippen molar-refractivity contribution in [2.45, 2.75) is 19.4 Å². The van der Waals surface area contributed by atoms with Crippen LogP contribution in [0.3, 0.4) is 0 Å². The van der Waals surface area contributed by atoms with Crippen molar-refractivity contribution in [1.82, 2.24) is 4.98 Å². The third-order valence-electron chi connectivity index (χ3n) is 4.16. The van der Waals surface area contributed by atoms with Gasteiger partial charge in [-0.3, -0.25) is 4.98 Å². The van der Waals surface area contributed by atoms with Crippen molar-refractivity contribution >= 4 is 10.9 Å². The van der Waals surface area contributed by atoms with Crippen LogP contribution in [0.4, 0.5) is 4.39 Å². The van der Waals surface area contributed by atoms with E-state index in [-0.39, 0.29) is 5.75 Å². The summed E-state index contributed by atoms with van der Waals surface area (Å²) >= 11 is 0. The number of hydrogen-bond donors (Lipinski definition) is 1. The molecule has 1 N–H and O–H groups in total. The Kier molecular flexibility index (Phi) is 5.23. The van der Waals surface area contributed by atoms with Gasteiger partial charge in [-0.25, -0.2) is 4.39 Å². The fraction of sp³-hybridized carbons (Fsp3) is 0.250. The summed E-state index contributed by atoms with van der Waals surface area (Å²) in [6.07, 6.45) is 1.20. The summed E-state index contributed by atoms with van der Waals surface area (Å²) in [4.78, 5) is 4.30. The molecule has 0 saturated carbocycles. The molecule has 0 aliphatic rings. The van der Waals surface area contributed by atoms with E-state index in [1.165, 1.54) is 13.2 Å². The Morgan fingerprint density at radius 2 is 1.81 bits per heavy atom. The molecule has 0 aliphatic carbocycles. The zero-order chi connectivity index (χ0) is 18.7. The second kappa shape index (κ2) is 7.58. The van der Waals surface area contributed by atoms with E-state index < -0.39 is 11.9 Å². The molecule has 1 unspecified atom stereocenters. The van der Waals surface area contributed by atoms with Crippen molar-refractivity contribution in [2.75, 3.05) is 14.2 Å². The van der Waals surface area contributed by atoms with Gasteiger partial charge >= 0.3 is 0 Å². The normalized spacial score (nSPS) is 12.0. The number of halogens is 1. The molecule has 0 bridgehead atoms. The maximum absolute atomic E-state index is 14.4. The Balaban J connectivity index is 2.13. The van der Waals surface area contributed by atoms with E-state index in [4.69, 9.17) is 14.2 Å². The quantitative estimate of drug-likeness (QED) is 0.697. The number of rotatable bonds is 6. The van der Waals surface area contributed by atoms with Crippen LogP contribution >= 0.6 is 0 Å². The minimum Gasteiger partial charge on any atom is -0.493 e. The van der Waals surface area contributed by atoms with Crippen LogP contribution in [0.5, 0.6) is 23.0 Å². The van der Waals surface area contributed by atoms with E-state index in [9.17, 15) is 9.50 Å². The molecule has 0 radical (unpaired) electrons. The zero-order valence-corrected chi connectivity index (χ0v) is 14.8. The van der Waals surface area contributed by atoms with E-state index in [1.54, 1.807) is 43.6 Å². The third-order valence-corrected chi connectivity index (χ3v) is 4.16. The molecule has 0 aliphatic heterocycles. The number of benzene rings is 2. The van der Waals surface area contributed by atoms with Gasteiger partial charge in [0.15, 0.2) is 23.1 Å². The summed E-state index contributed by atoms with van der Waals surface area (Å²) in [6.45, 7) is 1.82. The van der Waals surface area contributed by atoms with Crippen molar-refractivity contribution in [2.24, 2.45) is 0 Å². The van der Waals surface area contributed by atoms with Gasteiger partial charge in [-0.2, -0.15) is 0 Å². The smallest absolute Gasteiger partial charge is 0.168 e. The maximum Gasteiger partial charge on any atom is 0.168 e. The number of aliphatic hydroxyl groups is 1. The van der Waals surface area contributed by atoms with Gasteiger partial charge in [0.25, 0.3) is 0 Å². The summed E-state index contributed by atoms with van der Waals surface area (Å²) in [7, 11) is 3.08. The number of hydrogen-bond acceptors (Lipinski definition) is 5. The highest BCUT2D eigenvalue weighted by atomic mass is 19.1. The summed E-state index contributed by atoms with van der Waals surface area (Å²) in [5.41, 5.74) is 1.02. The van der Waals surface area contributed by atoms with Gasteiger partial charge in [-0.1, -0.05) is 19.1 Å². The van der Waals surface area contributed by atoms with Crippen molar-refractivity contribution in [1.29, 1.82) is 0 Å². The Bertz CT molecular complexity index is 929. The number of fused-ring (bicyclic) bond motifs is 1. The van der Waals surface area contributed by atoms with Crippen LogP contribution in [-0.4, -0.2) is 24.3 Å². The van der Waals surface area contributed by atoms with Crippen LogP contribution in [0.15, 0.2) is 42.6 Å². The fourth-order valence-electron chi connectivity index (χ4n) is 2.76. The Hall–Kier alpha value is -2.86. The first-order chi connectivity index (χ1) is 12.6. The van der Waals surface area contributed by atoms with Gasteiger partial charge < -0.3 is 19.3 Å². The minimum atomic E-state index is -0.816. The van der Waals surface area contributed by atoms with Gasteiger partial charge in [-0.15, -0.1) is 0 Å². The number of aromatic nitrogens is 1. The van der Waals surface area contributed by atoms with E-state index in [1.807, 2.05) is 6.92 Å². The molecule has 136 valence electrons. The third kappa shape index (κ3) is 3.28. The lowest BCUT2D eigenvalue weighted by Gasteiger charge is -2.17. The predicted octanol–water partition coefficient (Wildman–Crippen LogP) is 4.63. The summed E-state index contributed by atoms with van der Waals surface area (Å²) < 4.78 is 30.9. The van der Waals surface area contributed by atoms with Gasteiger partial charge in [0.1, 0.15) is 5.75 Å². The van der Waals surface area contributed by atoms with Crippen LogP contribution in [0.2, 0.25) is 0 Å². The van der Waals surface area contributed by atoms with Crippen LogP contribution in [0.1, 0.15) is 25.0 Å². The molecule has 0 saturated heterocycles. The van der Waals surface area contributed by atoms with Gasteiger partial charge in [0, 0.05) is 23.2 Å². The average Bonchev–Trinajstić information content (AvgIpc) is 2.67. The van der Waals surface area contributed by atoms with Crippen LogP contribution in [-0.2, 0) is 0 Å². The number of nitrogens with zero attached hydrogens (tertiary/aromatic N) is 1. The average molecular weight is 357 g/mol. The lowest BCUT2D eigenvalue weighted by molar-refractivity contribution is 0.169. The lowest BCUT2D eigenvalue weighted by Crippen LogP contribution is -2.01. The molecule has 3 rings (SSSR count). The van der Waals surface area contributed by atoms with Crippen molar-refractivity contribution in [3.05, 3.63) is 54.0 Å².